The Morgan fingerprint density at radius 2 is 2.11 bits per heavy atom. The zero-order valence-corrected chi connectivity index (χ0v) is 10.2. The fraction of sp³-hybridized carbons (Fsp3) is 0.364. The molecule has 0 aliphatic carbocycles. The van der Waals surface area contributed by atoms with Gasteiger partial charge in [0.15, 0.2) is 0 Å². The third-order valence-corrected chi connectivity index (χ3v) is 2.28. The first-order chi connectivity index (χ1) is 8.93. The van der Waals surface area contributed by atoms with Crippen LogP contribution in [0.15, 0.2) is 29.4 Å². The van der Waals surface area contributed by atoms with Gasteiger partial charge in [-0.15, -0.1) is 0 Å². The van der Waals surface area contributed by atoms with E-state index < -0.39 is 11.7 Å². The van der Waals surface area contributed by atoms with Crippen LogP contribution in [0.4, 0.5) is 13.2 Å². The van der Waals surface area contributed by atoms with Gasteiger partial charge in [-0.2, -0.15) is 18.3 Å². The molecule has 1 aliphatic rings. The van der Waals surface area contributed by atoms with E-state index in [1.54, 1.807) is 6.07 Å². The van der Waals surface area contributed by atoms with E-state index in [0.29, 0.717) is 5.56 Å². The van der Waals surface area contributed by atoms with E-state index in [0.717, 1.165) is 30.9 Å². The summed E-state index contributed by atoms with van der Waals surface area (Å²) in [5, 5.41) is 3.68. The van der Waals surface area contributed by atoms with Crippen molar-refractivity contribution in [1.29, 1.82) is 0 Å². The number of hydrazine groups is 1. The van der Waals surface area contributed by atoms with E-state index in [2.05, 4.69) is 16.0 Å². The summed E-state index contributed by atoms with van der Waals surface area (Å²) in [6.07, 6.45) is -3.38. The Labute approximate surface area is 108 Å². The second-order valence-electron chi connectivity index (χ2n) is 3.84. The Hall–Kier alpha value is -1.80. The highest BCUT2D eigenvalue weighted by molar-refractivity contribution is 5.81. The molecule has 0 unspecified atom stereocenters. The highest BCUT2D eigenvalue weighted by atomic mass is 19.4. The van der Waals surface area contributed by atoms with Gasteiger partial charge < -0.3 is 11.2 Å². The van der Waals surface area contributed by atoms with Gasteiger partial charge in [-0.25, -0.2) is 0 Å². The number of benzene rings is 1. The van der Waals surface area contributed by atoms with Crippen molar-refractivity contribution in [3.63, 3.8) is 0 Å². The SMILES string of the molecule is NC1=NNCC1.NNCc1cccc(C(F)(F)F)c1. The largest absolute Gasteiger partial charge is 0.416 e. The molecule has 0 saturated carbocycles. The average molecular weight is 275 g/mol. The van der Waals surface area contributed by atoms with Crippen molar-refractivity contribution >= 4 is 5.84 Å². The number of nitrogens with two attached hydrogens (primary N) is 2. The summed E-state index contributed by atoms with van der Waals surface area (Å²) in [6.45, 7) is 1.13. The van der Waals surface area contributed by atoms with E-state index in [4.69, 9.17) is 11.6 Å². The van der Waals surface area contributed by atoms with Crippen LogP contribution in [0.3, 0.4) is 0 Å². The maximum Gasteiger partial charge on any atom is 0.416 e. The summed E-state index contributed by atoms with van der Waals surface area (Å²) < 4.78 is 36.5. The van der Waals surface area contributed by atoms with Crippen molar-refractivity contribution in [3.05, 3.63) is 35.4 Å². The van der Waals surface area contributed by atoms with Gasteiger partial charge in [-0.1, -0.05) is 18.2 Å². The molecule has 5 nitrogen and oxygen atoms in total. The third kappa shape index (κ3) is 5.58. The number of amidine groups is 1. The maximum atomic E-state index is 12.2. The Morgan fingerprint density at radius 3 is 2.53 bits per heavy atom. The molecule has 0 fully saturated rings. The van der Waals surface area contributed by atoms with Crippen LogP contribution in [0.25, 0.3) is 0 Å². The van der Waals surface area contributed by atoms with E-state index in [1.807, 2.05) is 0 Å². The molecule has 0 saturated heterocycles. The second-order valence-corrected chi connectivity index (χ2v) is 3.84. The molecular formula is C11H16F3N5. The van der Waals surface area contributed by atoms with Crippen LogP contribution >= 0.6 is 0 Å². The summed E-state index contributed by atoms with van der Waals surface area (Å²) in [4.78, 5) is 0. The quantitative estimate of drug-likeness (QED) is 0.477. The van der Waals surface area contributed by atoms with E-state index >= 15 is 0 Å². The standard InChI is InChI=1S/C8H9F3N2.C3H7N3/c9-8(10,11)7-3-1-2-6(4-7)5-13-12;4-3-1-2-5-6-3/h1-4,13H,5,12H2;5H,1-2H2,(H2,4,6). The fourth-order valence-electron chi connectivity index (χ4n) is 1.37. The Bertz CT molecular complexity index is 431. The second kappa shape index (κ2) is 6.95. The first kappa shape index (κ1) is 15.3. The van der Waals surface area contributed by atoms with Crippen LogP contribution < -0.4 is 22.4 Å². The lowest BCUT2D eigenvalue weighted by Gasteiger charge is -2.07. The van der Waals surface area contributed by atoms with Gasteiger partial charge in [-0.05, 0) is 11.6 Å². The topological polar surface area (TPSA) is 88.5 Å². The molecule has 19 heavy (non-hydrogen) atoms. The lowest BCUT2D eigenvalue weighted by atomic mass is 10.1. The molecular weight excluding hydrogens is 259 g/mol. The molecule has 0 radical (unpaired) electrons. The predicted octanol–water partition coefficient (Wildman–Crippen LogP) is 0.921. The number of hydrazone groups is 1. The van der Waals surface area contributed by atoms with Crippen molar-refractivity contribution in [1.82, 2.24) is 10.9 Å². The van der Waals surface area contributed by atoms with Crippen LogP contribution in [0.5, 0.6) is 0 Å². The first-order valence-electron chi connectivity index (χ1n) is 5.58. The summed E-state index contributed by atoms with van der Waals surface area (Å²) in [5.74, 6) is 5.71. The smallest absolute Gasteiger partial charge is 0.386 e. The number of hydrogen-bond donors (Lipinski definition) is 4. The molecule has 106 valence electrons. The minimum Gasteiger partial charge on any atom is -0.386 e. The van der Waals surface area contributed by atoms with Crippen LogP contribution in [0.2, 0.25) is 0 Å². The minimum absolute atomic E-state index is 0.226. The van der Waals surface area contributed by atoms with Gasteiger partial charge in [0.05, 0.1) is 5.56 Å². The normalized spacial score (nSPS) is 14.2. The molecule has 1 aliphatic heterocycles. The molecule has 1 aromatic rings. The monoisotopic (exact) mass is 275 g/mol. The van der Waals surface area contributed by atoms with Crippen LogP contribution in [-0.4, -0.2) is 12.4 Å². The fourth-order valence-corrected chi connectivity index (χ4v) is 1.37. The molecule has 0 atom stereocenters. The van der Waals surface area contributed by atoms with Crippen molar-refractivity contribution in [2.75, 3.05) is 6.54 Å². The molecule has 0 amide bonds. The van der Waals surface area contributed by atoms with E-state index in [-0.39, 0.29) is 6.54 Å². The molecule has 2 rings (SSSR count). The minimum atomic E-state index is -4.29. The van der Waals surface area contributed by atoms with Crippen molar-refractivity contribution in [3.8, 4) is 0 Å². The van der Waals surface area contributed by atoms with E-state index in [1.165, 1.54) is 6.07 Å². The van der Waals surface area contributed by atoms with Crippen LogP contribution in [-0.2, 0) is 12.7 Å². The van der Waals surface area contributed by atoms with Gasteiger partial charge in [0.25, 0.3) is 0 Å². The van der Waals surface area contributed by atoms with Crippen molar-refractivity contribution in [2.45, 2.75) is 19.1 Å². The van der Waals surface area contributed by atoms with Gasteiger partial charge in [0.2, 0.25) is 0 Å². The highest BCUT2D eigenvalue weighted by Gasteiger charge is 2.30. The zero-order valence-electron chi connectivity index (χ0n) is 10.2. The van der Waals surface area contributed by atoms with Gasteiger partial charge in [0.1, 0.15) is 5.84 Å². The van der Waals surface area contributed by atoms with Gasteiger partial charge >= 0.3 is 6.18 Å². The Balaban J connectivity index is 0.000000250. The van der Waals surface area contributed by atoms with Crippen molar-refractivity contribution < 1.29 is 13.2 Å². The molecule has 1 heterocycles. The summed E-state index contributed by atoms with van der Waals surface area (Å²) in [5.41, 5.74) is 10.1. The summed E-state index contributed by atoms with van der Waals surface area (Å²) >= 11 is 0. The lowest BCUT2D eigenvalue weighted by Crippen LogP contribution is -2.21. The predicted molar refractivity (Wildman–Crippen MR) is 66.7 cm³/mol. The molecule has 1 aromatic carbocycles. The number of nitrogens with zero attached hydrogens (tertiary/aromatic N) is 1. The lowest BCUT2D eigenvalue weighted by molar-refractivity contribution is -0.137. The number of hydrogen-bond acceptors (Lipinski definition) is 5. The molecule has 0 bridgehead atoms. The molecule has 8 heteroatoms. The molecule has 0 spiro atoms. The number of rotatable bonds is 2. The third-order valence-electron chi connectivity index (χ3n) is 2.28. The number of nitrogens with one attached hydrogen (secondary N) is 2. The molecule has 6 N–H and O–H groups in total. The highest BCUT2D eigenvalue weighted by Crippen LogP contribution is 2.29. The number of alkyl halides is 3. The molecule has 0 aromatic heterocycles. The van der Waals surface area contributed by atoms with Gasteiger partial charge in [-0.3, -0.25) is 11.3 Å². The first-order valence-corrected chi connectivity index (χ1v) is 5.58. The number of halogens is 3. The van der Waals surface area contributed by atoms with Crippen LogP contribution in [0, 0.1) is 0 Å². The zero-order chi connectivity index (χ0) is 14.3. The average Bonchev–Trinajstić information content (AvgIpc) is 2.81. The summed E-state index contributed by atoms with van der Waals surface area (Å²) in [6, 6.07) is 5.03. The van der Waals surface area contributed by atoms with E-state index in [9.17, 15) is 13.2 Å². The Morgan fingerprint density at radius 1 is 1.37 bits per heavy atom. The van der Waals surface area contributed by atoms with Gasteiger partial charge in [0, 0.05) is 19.5 Å². The Kier molecular flexibility index (Phi) is 5.58. The maximum absolute atomic E-state index is 12.2. The van der Waals surface area contributed by atoms with Crippen LogP contribution in [0.1, 0.15) is 17.5 Å². The van der Waals surface area contributed by atoms with Crippen molar-refractivity contribution in [2.24, 2.45) is 16.7 Å². The summed E-state index contributed by atoms with van der Waals surface area (Å²) in [7, 11) is 0.